The molecule has 0 unspecified atom stereocenters. The Morgan fingerprint density at radius 1 is 1.57 bits per heavy atom. The van der Waals surface area contributed by atoms with Crippen molar-refractivity contribution in [1.29, 1.82) is 0 Å². The molecule has 0 amide bonds. The number of methoxy groups -OCH3 is 1. The van der Waals surface area contributed by atoms with Crippen molar-refractivity contribution in [2.24, 2.45) is 0 Å². The van der Waals surface area contributed by atoms with Crippen LogP contribution < -0.4 is 5.32 Å². The molecule has 2 heterocycles. The van der Waals surface area contributed by atoms with E-state index in [9.17, 15) is 4.79 Å². The molecule has 14 heavy (non-hydrogen) atoms. The van der Waals surface area contributed by atoms with E-state index < -0.39 is 0 Å². The van der Waals surface area contributed by atoms with Crippen molar-refractivity contribution in [3.05, 3.63) is 12.4 Å². The Kier molecular flexibility index (Phi) is 2.45. The van der Waals surface area contributed by atoms with Crippen LogP contribution in [0.25, 0.3) is 0 Å². The average Bonchev–Trinajstić information content (AvgIpc) is 2.86. The second-order valence-corrected chi connectivity index (χ2v) is 3.22. The van der Waals surface area contributed by atoms with Crippen molar-refractivity contribution >= 4 is 5.97 Å². The minimum Gasteiger partial charge on any atom is -0.468 e. The van der Waals surface area contributed by atoms with Crippen LogP contribution in [-0.4, -0.2) is 40.7 Å². The van der Waals surface area contributed by atoms with Crippen LogP contribution >= 0.6 is 0 Å². The molecule has 0 radical (unpaired) electrons. The van der Waals surface area contributed by atoms with Gasteiger partial charge < -0.3 is 10.1 Å². The number of aromatic nitrogens is 3. The molecular weight excluding hydrogens is 184 g/mol. The molecule has 0 saturated carbocycles. The summed E-state index contributed by atoms with van der Waals surface area (Å²) in [5.41, 5.74) is 0. The Balaban J connectivity index is 1.98. The molecule has 1 aliphatic rings. The summed E-state index contributed by atoms with van der Waals surface area (Å²) in [5.74, 6) is -0.223. The highest BCUT2D eigenvalue weighted by Gasteiger charge is 2.31. The van der Waals surface area contributed by atoms with E-state index in [4.69, 9.17) is 0 Å². The minimum atomic E-state index is -0.226. The second-order valence-electron chi connectivity index (χ2n) is 3.22. The summed E-state index contributed by atoms with van der Waals surface area (Å²) < 4.78 is 4.65. The third-order valence-corrected chi connectivity index (χ3v) is 2.36. The van der Waals surface area contributed by atoms with E-state index in [2.05, 4.69) is 20.3 Å². The molecule has 1 aliphatic heterocycles. The van der Waals surface area contributed by atoms with Gasteiger partial charge in [-0.1, -0.05) is 0 Å². The van der Waals surface area contributed by atoms with Gasteiger partial charge in [0, 0.05) is 6.54 Å². The molecular formula is C8H12N4O2. The maximum atomic E-state index is 11.2. The van der Waals surface area contributed by atoms with Gasteiger partial charge in [-0.2, -0.15) is 15.0 Å². The van der Waals surface area contributed by atoms with Gasteiger partial charge in [-0.25, -0.2) is 0 Å². The van der Waals surface area contributed by atoms with Crippen LogP contribution in [-0.2, 0) is 9.53 Å². The smallest absolute Gasteiger partial charge is 0.322 e. The lowest BCUT2D eigenvalue weighted by Gasteiger charge is -2.07. The molecule has 6 heteroatoms. The zero-order chi connectivity index (χ0) is 9.97. The standard InChI is InChI=1S/C8H12N4O2/c1-14-8(13)7-4-6(5-9-7)12-10-2-3-11-12/h2-3,6-7,9H,4-5H2,1H3/t6-,7-/m0/s1. The fourth-order valence-corrected chi connectivity index (χ4v) is 1.63. The topological polar surface area (TPSA) is 69.0 Å². The normalized spacial score (nSPS) is 26.4. The molecule has 6 nitrogen and oxygen atoms in total. The SMILES string of the molecule is COC(=O)[C@@H]1C[C@H](n2nccn2)CN1. The molecule has 1 saturated heterocycles. The third-order valence-electron chi connectivity index (χ3n) is 2.36. The van der Waals surface area contributed by atoms with Gasteiger partial charge in [0.15, 0.2) is 0 Å². The summed E-state index contributed by atoms with van der Waals surface area (Å²) in [5, 5.41) is 11.1. The van der Waals surface area contributed by atoms with E-state index in [1.807, 2.05) is 0 Å². The summed E-state index contributed by atoms with van der Waals surface area (Å²) in [6, 6.07) is -0.0786. The van der Waals surface area contributed by atoms with E-state index in [0.29, 0.717) is 13.0 Å². The maximum absolute atomic E-state index is 11.2. The van der Waals surface area contributed by atoms with Gasteiger partial charge in [0.25, 0.3) is 0 Å². The molecule has 0 aromatic carbocycles. The van der Waals surface area contributed by atoms with Crippen LogP contribution in [0.1, 0.15) is 12.5 Å². The first kappa shape index (κ1) is 9.14. The van der Waals surface area contributed by atoms with Gasteiger partial charge in [0.05, 0.1) is 25.5 Å². The molecule has 0 bridgehead atoms. The Hall–Kier alpha value is -1.43. The van der Waals surface area contributed by atoms with Gasteiger partial charge in [-0.3, -0.25) is 4.79 Å². The van der Waals surface area contributed by atoms with E-state index in [0.717, 1.165) is 0 Å². The van der Waals surface area contributed by atoms with E-state index in [-0.39, 0.29) is 18.1 Å². The van der Waals surface area contributed by atoms with Crippen LogP contribution in [0.3, 0.4) is 0 Å². The Labute approximate surface area is 81.2 Å². The molecule has 2 rings (SSSR count). The van der Waals surface area contributed by atoms with Gasteiger partial charge in [0.2, 0.25) is 0 Å². The lowest BCUT2D eigenvalue weighted by molar-refractivity contribution is -0.142. The van der Waals surface area contributed by atoms with Gasteiger partial charge >= 0.3 is 5.97 Å². The van der Waals surface area contributed by atoms with Gasteiger partial charge in [-0.15, -0.1) is 0 Å². The lowest BCUT2D eigenvalue weighted by Crippen LogP contribution is -2.31. The first-order valence-electron chi connectivity index (χ1n) is 4.48. The van der Waals surface area contributed by atoms with Crippen LogP contribution in [0.2, 0.25) is 0 Å². The predicted molar refractivity (Wildman–Crippen MR) is 47.5 cm³/mol. The predicted octanol–water partition coefficient (Wildman–Crippen LogP) is -0.646. The lowest BCUT2D eigenvalue weighted by atomic mass is 10.2. The summed E-state index contributed by atoms with van der Waals surface area (Å²) in [4.78, 5) is 12.8. The quantitative estimate of drug-likeness (QED) is 0.637. The molecule has 1 aromatic rings. The first-order chi connectivity index (χ1) is 6.81. The van der Waals surface area contributed by atoms with Crippen molar-refractivity contribution in [3.63, 3.8) is 0 Å². The number of ether oxygens (including phenoxy) is 1. The van der Waals surface area contributed by atoms with Crippen molar-refractivity contribution in [2.75, 3.05) is 13.7 Å². The van der Waals surface area contributed by atoms with Crippen LogP contribution in [0.4, 0.5) is 0 Å². The average molecular weight is 196 g/mol. The highest BCUT2D eigenvalue weighted by molar-refractivity contribution is 5.76. The molecule has 0 aliphatic carbocycles. The molecule has 76 valence electrons. The van der Waals surface area contributed by atoms with E-state index in [1.54, 1.807) is 17.2 Å². The fourth-order valence-electron chi connectivity index (χ4n) is 1.63. The summed E-state index contributed by atoms with van der Waals surface area (Å²) in [6.07, 6.45) is 3.94. The molecule has 0 spiro atoms. The Morgan fingerprint density at radius 3 is 2.93 bits per heavy atom. The molecule has 1 aromatic heterocycles. The van der Waals surface area contributed by atoms with Gasteiger partial charge in [-0.05, 0) is 6.42 Å². The van der Waals surface area contributed by atoms with E-state index >= 15 is 0 Å². The van der Waals surface area contributed by atoms with Gasteiger partial charge in [0.1, 0.15) is 6.04 Å². The van der Waals surface area contributed by atoms with Crippen LogP contribution in [0, 0.1) is 0 Å². The van der Waals surface area contributed by atoms with Crippen LogP contribution in [0.5, 0.6) is 0 Å². The molecule has 1 N–H and O–H groups in total. The zero-order valence-electron chi connectivity index (χ0n) is 7.88. The summed E-state index contributed by atoms with van der Waals surface area (Å²) in [7, 11) is 1.39. The number of rotatable bonds is 2. The Morgan fingerprint density at radius 2 is 2.29 bits per heavy atom. The summed E-state index contributed by atoms with van der Waals surface area (Å²) >= 11 is 0. The molecule has 1 fully saturated rings. The van der Waals surface area contributed by atoms with Crippen LogP contribution in [0.15, 0.2) is 12.4 Å². The number of nitrogens with zero attached hydrogens (tertiary/aromatic N) is 3. The molecule has 2 atom stereocenters. The third kappa shape index (κ3) is 1.60. The Bertz CT molecular complexity index is 311. The number of carbonyl (C=O) groups excluding carboxylic acids is 1. The van der Waals surface area contributed by atoms with Crippen molar-refractivity contribution < 1.29 is 9.53 Å². The summed E-state index contributed by atoms with van der Waals surface area (Å²) in [6.45, 7) is 0.703. The van der Waals surface area contributed by atoms with E-state index in [1.165, 1.54) is 7.11 Å². The number of hydrogen-bond acceptors (Lipinski definition) is 5. The number of hydrogen-bond donors (Lipinski definition) is 1. The zero-order valence-corrected chi connectivity index (χ0v) is 7.88. The fraction of sp³-hybridized carbons (Fsp3) is 0.625. The minimum absolute atomic E-state index is 0.147. The highest BCUT2D eigenvalue weighted by atomic mass is 16.5. The second kappa shape index (κ2) is 3.75. The first-order valence-corrected chi connectivity index (χ1v) is 4.48. The largest absolute Gasteiger partial charge is 0.468 e. The van der Waals surface area contributed by atoms with Crippen molar-refractivity contribution in [3.8, 4) is 0 Å². The monoisotopic (exact) mass is 196 g/mol. The maximum Gasteiger partial charge on any atom is 0.322 e. The highest BCUT2D eigenvalue weighted by Crippen LogP contribution is 2.17. The number of carbonyl (C=O) groups is 1. The number of nitrogens with one attached hydrogen (secondary N) is 1. The number of esters is 1. The van der Waals surface area contributed by atoms with Crippen molar-refractivity contribution in [1.82, 2.24) is 20.3 Å². The van der Waals surface area contributed by atoms with Crippen molar-refractivity contribution in [2.45, 2.75) is 18.5 Å².